The smallest absolute Gasteiger partial charge is 0.310 e. The van der Waals surface area contributed by atoms with Gasteiger partial charge in [0, 0.05) is 12.3 Å². The van der Waals surface area contributed by atoms with Crippen molar-refractivity contribution >= 4 is 11.8 Å². The van der Waals surface area contributed by atoms with Gasteiger partial charge in [-0.3, -0.25) is 9.59 Å². The number of hydrogen-bond acceptors (Lipinski definition) is 3. The van der Waals surface area contributed by atoms with Crippen molar-refractivity contribution in [1.82, 2.24) is 0 Å². The van der Waals surface area contributed by atoms with E-state index in [2.05, 4.69) is 0 Å². The summed E-state index contributed by atoms with van der Waals surface area (Å²) in [6.45, 7) is 1.68. The molecular weight excluding hydrogens is 220 g/mol. The lowest BCUT2D eigenvalue weighted by molar-refractivity contribution is -0.157. The first kappa shape index (κ1) is 11.9. The number of hydrogen-bond donors (Lipinski definition) is 1. The van der Waals surface area contributed by atoms with Crippen LogP contribution in [0, 0.1) is 11.3 Å². The third-order valence-electron chi connectivity index (χ3n) is 3.79. The molecule has 1 heterocycles. The minimum Gasteiger partial charge on any atom is -0.481 e. The molecule has 1 saturated carbocycles. The fourth-order valence-corrected chi connectivity index (χ4v) is 2.57. The number of carboxylic acid groups (broad SMARTS) is 1. The summed E-state index contributed by atoms with van der Waals surface area (Å²) in [6, 6.07) is 1.78. The Labute approximate surface area is 99.6 Å². The van der Waals surface area contributed by atoms with E-state index in [1.165, 1.54) is 0 Å². The zero-order valence-corrected chi connectivity index (χ0v) is 9.81. The van der Waals surface area contributed by atoms with Crippen LogP contribution in [0.3, 0.4) is 0 Å². The molecule has 0 saturated heterocycles. The highest BCUT2D eigenvalue weighted by Crippen LogP contribution is 2.41. The highest BCUT2D eigenvalue weighted by atomic mass is 16.4. The quantitative estimate of drug-likeness (QED) is 0.874. The van der Waals surface area contributed by atoms with Crippen molar-refractivity contribution in [2.45, 2.75) is 32.6 Å². The summed E-state index contributed by atoms with van der Waals surface area (Å²) in [5.41, 5.74) is -0.0511. The van der Waals surface area contributed by atoms with E-state index in [-0.39, 0.29) is 5.78 Å². The maximum atomic E-state index is 11.9. The van der Waals surface area contributed by atoms with E-state index in [1.54, 1.807) is 25.5 Å². The molecular formula is C13H16O4. The predicted octanol–water partition coefficient (Wildman–Crippen LogP) is 2.28. The fourth-order valence-electron chi connectivity index (χ4n) is 2.57. The van der Waals surface area contributed by atoms with Crippen molar-refractivity contribution in [3.63, 3.8) is 0 Å². The summed E-state index contributed by atoms with van der Waals surface area (Å²) in [5, 5.41) is 9.34. The summed E-state index contributed by atoms with van der Waals surface area (Å²) in [7, 11) is 0. The van der Waals surface area contributed by atoms with Gasteiger partial charge in [0.2, 0.25) is 0 Å². The SMILES string of the molecule is CC1(C(=O)O)CCCC(=O)C1Cc1ccoc1. The van der Waals surface area contributed by atoms with Crippen molar-refractivity contribution < 1.29 is 19.1 Å². The van der Waals surface area contributed by atoms with Crippen molar-refractivity contribution in [1.29, 1.82) is 0 Å². The Morgan fingerprint density at radius 2 is 2.41 bits per heavy atom. The maximum Gasteiger partial charge on any atom is 0.310 e. The van der Waals surface area contributed by atoms with E-state index in [4.69, 9.17) is 4.42 Å². The molecule has 0 aromatic carbocycles. The lowest BCUT2D eigenvalue weighted by Gasteiger charge is -2.36. The molecule has 2 rings (SSSR count). The first-order chi connectivity index (χ1) is 8.04. The number of aliphatic carboxylic acids is 1. The molecule has 0 amide bonds. The topological polar surface area (TPSA) is 67.5 Å². The molecule has 2 unspecified atom stereocenters. The molecule has 1 aromatic heterocycles. The molecule has 4 nitrogen and oxygen atoms in total. The third kappa shape index (κ3) is 2.12. The Morgan fingerprint density at radius 1 is 1.65 bits per heavy atom. The Balaban J connectivity index is 2.25. The number of rotatable bonds is 3. The molecule has 0 bridgehead atoms. The molecule has 1 aliphatic carbocycles. The van der Waals surface area contributed by atoms with Gasteiger partial charge >= 0.3 is 5.97 Å². The van der Waals surface area contributed by atoms with Gasteiger partial charge in [-0.1, -0.05) is 0 Å². The van der Waals surface area contributed by atoms with Crippen molar-refractivity contribution in [3.8, 4) is 0 Å². The van der Waals surface area contributed by atoms with Crippen LogP contribution in [-0.2, 0) is 16.0 Å². The average Bonchev–Trinajstić information content (AvgIpc) is 2.76. The van der Waals surface area contributed by atoms with E-state index in [0.29, 0.717) is 25.7 Å². The van der Waals surface area contributed by atoms with Crippen LogP contribution in [0.25, 0.3) is 0 Å². The van der Waals surface area contributed by atoms with Crippen LogP contribution in [0.2, 0.25) is 0 Å². The van der Waals surface area contributed by atoms with Gasteiger partial charge in [-0.05, 0) is 37.8 Å². The van der Waals surface area contributed by atoms with Gasteiger partial charge in [0.05, 0.1) is 17.9 Å². The van der Waals surface area contributed by atoms with Gasteiger partial charge in [-0.2, -0.15) is 0 Å². The van der Waals surface area contributed by atoms with Crippen LogP contribution in [0.5, 0.6) is 0 Å². The van der Waals surface area contributed by atoms with Gasteiger partial charge in [-0.15, -0.1) is 0 Å². The second kappa shape index (κ2) is 4.35. The molecule has 17 heavy (non-hydrogen) atoms. The number of ketones is 1. The van der Waals surface area contributed by atoms with E-state index in [1.807, 2.05) is 0 Å². The highest BCUT2D eigenvalue weighted by Gasteiger charge is 2.47. The van der Waals surface area contributed by atoms with Gasteiger partial charge in [0.25, 0.3) is 0 Å². The number of carbonyl (C=O) groups is 2. The van der Waals surface area contributed by atoms with Gasteiger partial charge in [0.15, 0.2) is 0 Å². The maximum absolute atomic E-state index is 11.9. The second-order valence-corrected chi connectivity index (χ2v) is 4.93. The second-order valence-electron chi connectivity index (χ2n) is 4.93. The molecule has 0 spiro atoms. The van der Waals surface area contributed by atoms with Crippen LogP contribution in [0.4, 0.5) is 0 Å². The largest absolute Gasteiger partial charge is 0.481 e. The zero-order chi connectivity index (χ0) is 12.5. The normalized spacial score (nSPS) is 29.2. The Hall–Kier alpha value is -1.58. The van der Waals surface area contributed by atoms with Crippen LogP contribution >= 0.6 is 0 Å². The first-order valence-electron chi connectivity index (χ1n) is 5.81. The van der Waals surface area contributed by atoms with Crippen LogP contribution < -0.4 is 0 Å². The monoisotopic (exact) mass is 236 g/mol. The Morgan fingerprint density at radius 3 is 3.00 bits per heavy atom. The van der Waals surface area contributed by atoms with Crippen LogP contribution in [0.15, 0.2) is 23.0 Å². The Kier molecular flexibility index (Phi) is 3.05. The number of carboxylic acids is 1. The van der Waals surface area contributed by atoms with Crippen LogP contribution in [0.1, 0.15) is 31.7 Å². The van der Waals surface area contributed by atoms with Crippen molar-refractivity contribution in [2.75, 3.05) is 0 Å². The average molecular weight is 236 g/mol. The van der Waals surface area contributed by atoms with E-state index in [0.717, 1.165) is 5.56 Å². The van der Waals surface area contributed by atoms with E-state index in [9.17, 15) is 14.7 Å². The summed E-state index contributed by atoms with van der Waals surface area (Å²) < 4.78 is 4.96. The van der Waals surface area contributed by atoms with Crippen LogP contribution in [-0.4, -0.2) is 16.9 Å². The molecule has 1 fully saturated rings. The zero-order valence-electron chi connectivity index (χ0n) is 9.81. The standard InChI is InChI=1S/C13H16O4/c1-13(12(15)16)5-2-3-11(14)10(13)7-9-4-6-17-8-9/h4,6,8,10H,2-3,5,7H2,1H3,(H,15,16). The van der Waals surface area contributed by atoms with Gasteiger partial charge in [0.1, 0.15) is 5.78 Å². The lowest BCUT2D eigenvalue weighted by atomic mass is 9.65. The summed E-state index contributed by atoms with van der Waals surface area (Å²) in [6.07, 6.45) is 5.30. The molecule has 2 atom stereocenters. The fraction of sp³-hybridized carbons (Fsp3) is 0.538. The molecule has 0 aliphatic heterocycles. The lowest BCUT2D eigenvalue weighted by Crippen LogP contribution is -2.44. The van der Waals surface area contributed by atoms with Gasteiger partial charge in [-0.25, -0.2) is 0 Å². The summed E-state index contributed by atoms with van der Waals surface area (Å²) >= 11 is 0. The third-order valence-corrected chi connectivity index (χ3v) is 3.79. The minimum absolute atomic E-state index is 0.0577. The van der Waals surface area contributed by atoms with Crippen molar-refractivity contribution in [3.05, 3.63) is 24.2 Å². The predicted molar refractivity (Wildman–Crippen MR) is 60.5 cm³/mol. The molecule has 1 aromatic rings. The molecule has 4 heteroatoms. The highest BCUT2D eigenvalue weighted by molar-refractivity contribution is 5.89. The summed E-state index contributed by atoms with van der Waals surface area (Å²) in [4.78, 5) is 23.3. The van der Waals surface area contributed by atoms with Gasteiger partial charge < -0.3 is 9.52 Å². The summed E-state index contributed by atoms with van der Waals surface area (Å²) in [5.74, 6) is -1.26. The van der Waals surface area contributed by atoms with Crippen molar-refractivity contribution in [2.24, 2.45) is 11.3 Å². The number of Topliss-reactive ketones (excluding diaryl/α,β-unsaturated/α-hetero) is 1. The van der Waals surface area contributed by atoms with E-state index >= 15 is 0 Å². The number of furan rings is 1. The molecule has 1 aliphatic rings. The molecule has 92 valence electrons. The number of carbonyl (C=O) groups excluding carboxylic acids is 1. The van der Waals surface area contributed by atoms with E-state index < -0.39 is 17.3 Å². The Bertz CT molecular complexity index is 421. The molecule has 1 N–H and O–H groups in total. The molecule has 0 radical (unpaired) electrons. The minimum atomic E-state index is -0.938. The first-order valence-corrected chi connectivity index (χ1v) is 5.81.